The first-order valence-corrected chi connectivity index (χ1v) is 15.9. The van der Waals surface area contributed by atoms with Crippen LogP contribution in [0.15, 0.2) is 47.5 Å². The summed E-state index contributed by atoms with van der Waals surface area (Å²) in [5.74, 6) is 0.221. The number of allylic oxidation sites excluding steroid dienone is 1. The number of alkyl carbamates (subject to hydrolysis) is 1. The average Bonchev–Trinajstić information content (AvgIpc) is 3.28. The van der Waals surface area contributed by atoms with Gasteiger partial charge in [-0.05, 0) is 87.4 Å². The number of aliphatic imine (C=N–C) groups is 1. The minimum atomic E-state index is -0.744. The summed E-state index contributed by atoms with van der Waals surface area (Å²) in [5.41, 5.74) is 2.54. The zero-order chi connectivity index (χ0) is 31.9. The van der Waals surface area contributed by atoms with Gasteiger partial charge in [0, 0.05) is 24.0 Å². The van der Waals surface area contributed by atoms with Crippen molar-refractivity contribution in [1.82, 2.24) is 15.5 Å². The van der Waals surface area contributed by atoms with E-state index in [-0.39, 0.29) is 24.2 Å². The molecule has 45 heavy (non-hydrogen) atoms. The number of rotatable bonds is 1. The Balaban J connectivity index is 1.44. The first-order chi connectivity index (χ1) is 21.4. The molecule has 4 heterocycles. The van der Waals surface area contributed by atoms with Gasteiger partial charge in [-0.25, -0.2) is 9.79 Å². The zero-order valence-corrected chi connectivity index (χ0v) is 26.4. The van der Waals surface area contributed by atoms with Gasteiger partial charge in [0.1, 0.15) is 11.4 Å². The van der Waals surface area contributed by atoms with Crippen LogP contribution in [0, 0.1) is 0 Å². The Kier molecular flexibility index (Phi) is 8.20. The molecular formula is C35H42N4O6. The summed E-state index contributed by atoms with van der Waals surface area (Å²) >= 11 is 0. The number of hydrogen-bond donors (Lipinski definition) is 3. The van der Waals surface area contributed by atoms with Crippen LogP contribution in [0.4, 0.5) is 4.79 Å². The maximum Gasteiger partial charge on any atom is 0.414 e. The second kappa shape index (κ2) is 12.0. The highest BCUT2D eigenvalue weighted by Crippen LogP contribution is 2.41. The van der Waals surface area contributed by atoms with E-state index in [9.17, 15) is 19.5 Å². The third kappa shape index (κ3) is 6.33. The van der Waals surface area contributed by atoms with Gasteiger partial charge in [0.25, 0.3) is 5.91 Å². The van der Waals surface area contributed by atoms with Crippen LogP contribution in [0.3, 0.4) is 0 Å². The summed E-state index contributed by atoms with van der Waals surface area (Å²) in [6.45, 7) is 7.71. The Hall–Kier alpha value is -4.18. The highest BCUT2D eigenvalue weighted by molar-refractivity contribution is 6.05. The lowest BCUT2D eigenvalue weighted by atomic mass is 9.84. The summed E-state index contributed by atoms with van der Waals surface area (Å²) in [7, 11) is 0. The number of benzene rings is 2. The summed E-state index contributed by atoms with van der Waals surface area (Å²) in [5, 5.41) is 16.8. The van der Waals surface area contributed by atoms with Crippen molar-refractivity contribution in [3.05, 3.63) is 70.3 Å². The third-order valence-electron chi connectivity index (χ3n) is 9.11. The summed E-state index contributed by atoms with van der Waals surface area (Å²) in [6.07, 6.45) is 6.69. The van der Waals surface area contributed by atoms with Crippen LogP contribution in [-0.4, -0.2) is 57.7 Å². The normalized spacial score (nSPS) is 26.9. The van der Waals surface area contributed by atoms with Gasteiger partial charge in [0.2, 0.25) is 11.9 Å². The van der Waals surface area contributed by atoms with Crippen molar-refractivity contribution >= 4 is 29.9 Å². The zero-order valence-electron chi connectivity index (χ0n) is 26.4. The third-order valence-corrected chi connectivity index (χ3v) is 9.11. The molecule has 10 nitrogen and oxygen atoms in total. The molecule has 3 N–H and O–H groups in total. The van der Waals surface area contributed by atoms with Gasteiger partial charge >= 0.3 is 6.09 Å². The molecule has 10 heteroatoms. The molecule has 238 valence electrons. The number of carbonyl (C=O) groups excluding carboxylic acids is 3. The van der Waals surface area contributed by atoms with Crippen LogP contribution < -0.4 is 15.4 Å². The quantitative estimate of drug-likeness (QED) is 0.397. The Labute approximate surface area is 263 Å². The number of aliphatic hydroxyl groups excluding tert-OH is 1. The maximum atomic E-state index is 14.1. The molecule has 7 rings (SSSR count). The predicted octanol–water partition coefficient (Wildman–Crippen LogP) is 5.36. The standard InChI is InChI=1S/C35H42N4O6/c1-5-35-15-8-6-7-9-21-10-11-22-19-27(40)30(24(22)17-21)36-31(42)23-12-13-28-25(18-23)26(14-16-44-28)39(29(41)20-35)32(38-35)37-33(43)45-34(2,3)4/h7,9-13,17-18,26-27,30,40H,5-6,8,14-16,19-20H2,1-4H3,(H,36,42)(H,37,38,43)/b9-7+/t26-,27-,30-,35-/m1/s1. The molecule has 0 unspecified atom stereocenters. The first kappa shape index (κ1) is 30.8. The smallest absolute Gasteiger partial charge is 0.414 e. The van der Waals surface area contributed by atoms with Crippen LogP contribution in [0.1, 0.15) is 111 Å². The Morgan fingerprint density at radius 2 is 2.02 bits per heavy atom. The van der Waals surface area contributed by atoms with E-state index in [1.54, 1.807) is 43.9 Å². The van der Waals surface area contributed by atoms with Gasteiger partial charge in [-0.15, -0.1) is 0 Å². The molecule has 0 fully saturated rings. The lowest BCUT2D eigenvalue weighted by molar-refractivity contribution is -0.132. The van der Waals surface area contributed by atoms with E-state index in [0.717, 1.165) is 29.5 Å². The van der Waals surface area contributed by atoms with E-state index < -0.39 is 35.4 Å². The van der Waals surface area contributed by atoms with Crippen LogP contribution in [0.2, 0.25) is 0 Å². The fourth-order valence-corrected chi connectivity index (χ4v) is 6.83. The van der Waals surface area contributed by atoms with E-state index in [2.05, 4.69) is 16.7 Å². The lowest BCUT2D eigenvalue weighted by Gasteiger charge is -2.43. The second-order valence-corrected chi connectivity index (χ2v) is 13.5. The molecule has 0 aromatic heterocycles. The number of carbonyl (C=O) groups is 3. The minimum Gasteiger partial charge on any atom is -0.493 e. The predicted molar refractivity (Wildman–Crippen MR) is 170 cm³/mol. The van der Waals surface area contributed by atoms with Crippen molar-refractivity contribution < 1.29 is 29.0 Å². The van der Waals surface area contributed by atoms with Gasteiger partial charge < -0.3 is 19.9 Å². The van der Waals surface area contributed by atoms with Crippen molar-refractivity contribution in [1.29, 1.82) is 0 Å². The fourth-order valence-electron chi connectivity index (χ4n) is 6.83. The average molecular weight is 615 g/mol. The van der Waals surface area contributed by atoms with E-state index in [1.807, 2.05) is 31.2 Å². The van der Waals surface area contributed by atoms with Crippen LogP contribution >= 0.6 is 0 Å². The Bertz CT molecular complexity index is 1580. The molecule has 4 aliphatic heterocycles. The van der Waals surface area contributed by atoms with Crippen molar-refractivity contribution in [3.8, 4) is 5.75 Å². The van der Waals surface area contributed by atoms with Crippen molar-refractivity contribution in [2.24, 2.45) is 4.99 Å². The number of nitrogens with zero attached hydrogens (tertiary/aromatic N) is 2. The highest BCUT2D eigenvalue weighted by Gasteiger charge is 2.44. The minimum absolute atomic E-state index is 0.154. The fraction of sp³-hybridized carbons (Fsp3) is 0.486. The summed E-state index contributed by atoms with van der Waals surface area (Å²) in [4.78, 5) is 47.5. The number of guanidine groups is 1. The number of amides is 3. The number of nitrogens with one attached hydrogen (secondary N) is 2. The largest absolute Gasteiger partial charge is 0.493 e. The molecule has 0 spiro atoms. The molecule has 6 bridgehead atoms. The van der Waals surface area contributed by atoms with E-state index >= 15 is 0 Å². The van der Waals surface area contributed by atoms with Crippen molar-refractivity contribution in [2.45, 2.75) is 102 Å². The molecule has 5 aliphatic rings. The highest BCUT2D eigenvalue weighted by atomic mass is 16.6. The van der Waals surface area contributed by atoms with E-state index in [4.69, 9.17) is 14.5 Å². The van der Waals surface area contributed by atoms with Gasteiger partial charge in [0.05, 0.1) is 36.8 Å². The van der Waals surface area contributed by atoms with E-state index in [0.29, 0.717) is 49.2 Å². The molecule has 3 amide bonds. The van der Waals surface area contributed by atoms with E-state index in [1.165, 1.54) is 0 Å². The molecule has 0 saturated carbocycles. The van der Waals surface area contributed by atoms with Gasteiger partial charge in [0.15, 0.2) is 0 Å². The molecule has 0 radical (unpaired) electrons. The number of aliphatic hydroxyl groups is 1. The number of ether oxygens (including phenoxy) is 2. The summed E-state index contributed by atoms with van der Waals surface area (Å²) in [6, 6.07) is 10.2. The summed E-state index contributed by atoms with van der Waals surface area (Å²) < 4.78 is 11.5. The first-order valence-electron chi connectivity index (χ1n) is 15.9. The molecule has 2 aromatic carbocycles. The Morgan fingerprint density at radius 1 is 1.20 bits per heavy atom. The van der Waals surface area contributed by atoms with Crippen molar-refractivity contribution in [2.75, 3.05) is 6.61 Å². The van der Waals surface area contributed by atoms with Crippen LogP contribution in [-0.2, 0) is 16.0 Å². The molecular weight excluding hydrogens is 572 g/mol. The topological polar surface area (TPSA) is 130 Å². The maximum absolute atomic E-state index is 14.1. The lowest BCUT2D eigenvalue weighted by Crippen LogP contribution is -2.56. The number of hydrogen-bond acceptors (Lipinski definition) is 7. The monoisotopic (exact) mass is 614 g/mol. The molecule has 0 saturated heterocycles. The number of fused-ring (bicyclic) bond motifs is 5. The van der Waals surface area contributed by atoms with Gasteiger partial charge in [-0.1, -0.05) is 31.2 Å². The Morgan fingerprint density at radius 3 is 2.80 bits per heavy atom. The molecule has 2 aromatic rings. The van der Waals surface area contributed by atoms with Crippen molar-refractivity contribution in [3.63, 3.8) is 0 Å². The van der Waals surface area contributed by atoms with Gasteiger partial charge in [-0.2, -0.15) is 0 Å². The van der Waals surface area contributed by atoms with Crippen LogP contribution in [0.5, 0.6) is 5.75 Å². The molecule has 1 aliphatic carbocycles. The van der Waals surface area contributed by atoms with Gasteiger partial charge in [-0.3, -0.25) is 19.8 Å². The van der Waals surface area contributed by atoms with Crippen LogP contribution in [0.25, 0.3) is 6.08 Å². The molecule has 4 atom stereocenters. The second-order valence-electron chi connectivity index (χ2n) is 13.5. The SMILES string of the molecule is CC[C@@]12CCC/C=C/c3ccc4c(c3)[C@@H](NC(=O)c3ccc5c(c3)[C@@H](CCO5)N(C(=O)C1)C(NC(=O)OC(C)(C)C)=N2)[C@H](O)C4.